The highest BCUT2D eigenvalue weighted by Gasteiger charge is 2.41. The van der Waals surface area contributed by atoms with E-state index < -0.39 is 0 Å². The topological polar surface area (TPSA) is 45.0 Å². The Morgan fingerprint density at radius 2 is 2.00 bits per heavy atom. The number of hydrogen-bond acceptors (Lipinski definition) is 3. The fourth-order valence-electron chi connectivity index (χ4n) is 3.70. The lowest BCUT2D eigenvalue weighted by atomic mass is 9.86. The van der Waals surface area contributed by atoms with Crippen molar-refractivity contribution in [2.24, 2.45) is 5.92 Å². The van der Waals surface area contributed by atoms with Crippen LogP contribution in [-0.4, -0.2) is 19.2 Å². The molecule has 0 heterocycles. The van der Waals surface area contributed by atoms with Gasteiger partial charge in [0.15, 0.2) is 0 Å². The number of ether oxygens (including phenoxy) is 1. The van der Waals surface area contributed by atoms with Gasteiger partial charge in [0, 0.05) is 0 Å². The minimum absolute atomic E-state index is 0.347. The number of nitriles is 1. The van der Waals surface area contributed by atoms with Gasteiger partial charge in [-0.05, 0) is 64.1 Å². The molecule has 0 amide bonds. The molecule has 1 aromatic carbocycles. The Balaban J connectivity index is 1.98. The van der Waals surface area contributed by atoms with Crippen LogP contribution in [0.4, 0.5) is 0 Å². The molecule has 2 rings (SSSR count). The van der Waals surface area contributed by atoms with E-state index in [1.165, 1.54) is 16.7 Å². The van der Waals surface area contributed by atoms with Crippen molar-refractivity contribution in [3.63, 3.8) is 0 Å². The maximum Gasteiger partial charge on any atom is 0.125 e. The molecular formula is C18H26N2O. The summed E-state index contributed by atoms with van der Waals surface area (Å²) in [4.78, 5) is 0. The summed E-state index contributed by atoms with van der Waals surface area (Å²) in [6.07, 6.45) is 4.12. The molecule has 1 aliphatic carbocycles. The van der Waals surface area contributed by atoms with Crippen LogP contribution in [-0.2, 0) is 0 Å². The van der Waals surface area contributed by atoms with Crippen LogP contribution in [0, 0.1) is 38.0 Å². The Morgan fingerprint density at radius 1 is 1.33 bits per heavy atom. The lowest BCUT2D eigenvalue weighted by molar-refractivity contribution is 0.237. The third-order valence-corrected chi connectivity index (χ3v) is 4.78. The Labute approximate surface area is 128 Å². The summed E-state index contributed by atoms with van der Waals surface area (Å²) in [5, 5.41) is 12.7. The minimum Gasteiger partial charge on any atom is -0.493 e. The zero-order valence-corrected chi connectivity index (χ0v) is 13.6. The van der Waals surface area contributed by atoms with E-state index in [1.54, 1.807) is 0 Å². The van der Waals surface area contributed by atoms with E-state index in [2.05, 4.69) is 44.3 Å². The summed E-state index contributed by atoms with van der Waals surface area (Å²) in [6, 6.07) is 6.81. The van der Waals surface area contributed by atoms with Gasteiger partial charge in [-0.15, -0.1) is 0 Å². The molecule has 2 unspecified atom stereocenters. The van der Waals surface area contributed by atoms with E-state index in [0.717, 1.165) is 31.4 Å². The predicted molar refractivity (Wildman–Crippen MR) is 85.5 cm³/mol. The van der Waals surface area contributed by atoms with Gasteiger partial charge in [-0.25, -0.2) is 0 Å². The molecule has 21 heavy (non-hydrogen) atoms. The molecule has 1 aromatic rings. The second-order valence-electron chi connectivity index (χ2n) is 6.29. The van der Waals surface area contributed by atoms with Gasteiger partial charge in [-0.2, -0.15) is 5.26 Å². The third-order valence-electron chi connectivity index (χ3n) is 4.78. The zero-order valence-electron chi connectivity index (χ0n) is 13.6. The second kappa shape index (κ2) is 6.49. The van der Waals surface area contributed by atoms with Gasteiger partial charge in [0.1, 0.15) is 11.3 Å². The molecule has 1 fully saturated rings. The fraction of sp³-hybridized carbons (Fsp3) is 0.611. The van der Waals surface area contributed by atoms with E-state index in [1.807, 2.05) is 7.05 Å². The maximum absolute atomic E-state index is 9.47. The van der Waals surface area contributed by atoms with Crippen molar-refractivity contribution >= 4 is 0 Å². The monoisotopic (exact) mass is 286 g/mol. The van der Waals surface area contributed by atoms with Gasteiger partial charge in [-0.1, -0.05) is 24.1 Å². The lowest BCUT2D eigenvalue weighted by Crippen LogP contribution is -2.45. The first kappa shape index (κ1) is 15.9. The first-order valence-corrected chi connectivity index (χ1v) is 7.83. The average Bonchev–Trinajstić information content (AvgIpc) is 2.85. The second-order valence-corrected chi connectivity index (χ2v) is 6.29. The number of hydrogen-bond donors (Lipinski definition) is 1. The maximum atomic E-state index is 9.47. The van der Waals surface area contributed by atoms with Crippen LogP contribution < -0.4 is 10.1 Å². The first-order chi connectivity index (χ1) is 10.0. The first-order valence-electron chi connectivity index (χ1n) is 7.83. The molecule has 0 saturated heterocycles. The fourth-order valence-corrected chi connectivity index (χ4v) is 3.70. The average molecular weight is 286 g/mol. The van der Waals surface area contributed by atoms with Crippen LogP contribution in [0.1, 0.15) is 42.4 Å². The Hall–Kier alpha value is -1.53. The lowest BCUT2D eigenvalue weighted by Gasteiger charge is -2.28. The van der Waals surface area contributed by atoms with Gasteiger partial charge < -0.3 is 10.1 Å². The number of benzene rings is 1. The van der Waals surface area contributed by atoms with Crippen molar-refractivity contribution in [3.05, 3.63) is 28.8 Å². The van der Waals surface area contributed by atoms with Crippen molar-refractivity contribution in [1.82, 2.24) is 5.32 Å². The molecule has 0 aromatic heterocycles. The normalized spacial score (nSPS) is 24.8. The van der Waals surface area contributed by atoms with Crippen LogP contribution in [0.3, 0.4) is 0 Å². The highest BCUT2D eigenvalue weighted by Crippen LogP contribution is 2.37. The molecule has 1 N–H and O–H groups in total. The van der Waals surface area contributed by atoms with Gasteiger partial charge in [0.25, 0.3) is 0 Å². The van der Waals surface area contributed by atoms with Crippen LogP contribution in [0.2, 0.25) is 0 Å². The van der Waals surface area contributed by atoms with Crippen LogP contribution in [0.15, 0.2) is 12.1 Å². The highest BCUT2D eigenvalue weighted by molar-refractivity contribution is 5.42. The zero-order chi connectivity index (χ0) is 15.5. The smallest absolute Gasteiger partial charge is 0.125 e. The molecule has 3 nitrogen and oxygen atoms in total. The van der Waals surface area contributed by atoms with E-state index in [9.17, 15) is 5.26 Å². The summed E-state index contributed by atoms with van der Waals surface area (Å²) in [5.41, 5.74) is 3.31. The molecule has 1 saturated carbocycles. The number of rotatable bonds is 5. The van der Waals surface area contributed by atoms with Gasteiger partial charge in [0.2, 0.25) is 0 Å². The van der Waals surface area contributed by atoms with Crippen molar-refractivity contribution in [1.29, 1.82) is 5.26 Å². The largest absolute Gasteiger partial charge is 0.493 e. The predicted octanol–water partition coefficient (Wildman–Crippen LogP) is 3.66. The van der Waals surface area contributed by atoms with Gasteiger partial charge >= 0.3 is 0 Å². The van der Waals surface area contributed by atoms with E-state index in [0.29, 0.717) is 12.5 Å². The molecule has 3 heteroatoms. The minimum atomic E-state index is -0.347. The van der Waals surface area contributed by atoms with E-state index in [4.69, 9.17) is 4.74 Å². The molecule has 0 spiro atoms. The molecule has 2 atom stereocenters. The quantitative estimate of drug-likeness (QED) is 0.898. The summed E-state index contributed by atoms with van der Waals surface area (Å²) < 4.78 is 6.03. The highest BCUT2D eigenvalue weighted by atomic mass is 16.5. The molecule has 114 valence electrons. The Kier molecular flexibility index (Phi) is 4.90. The molecule has 0 bridgehead atoms. The molecule has 0 aliphatic heterocycles. The van der Waals surface area contributed by atoms with Crippen LogP contribution in [0.25, 0.3) is 0 Å². The summed E-state index contributed by atoms with van der Waals surface area (Å²) in [7, 11) is 1.90. The Morgan fingerprint density at radius 3 is 2.57 bits per heavy atom. The van der Waals surface area contributed by atoms with Crippen molar-refractivity contribution in [2.75, 3.05) is 13.7 Å². The van der Waals surface area contributed by atoms with Crippen LogP contribution in [0.5, 0.6) is 5.75 Å². The molecule has 0 radical (unpaired) electrons. The Bertz CT molecular complexity index is 524. The van der Waals surface area contributed by atoms with Crippen LogP contribution >= 0.6 is 0 Å². The number of nitrogens with one attached hydrogen (secondary N) is 1. The summed E-state index contributed by atoms with van der Waals surface area (Å²) in [5.74, 6) is 1.39. The summed E-state index contributed by atoms with van der Waals surface area (Å²) >= 11 is 0. The molecular weight excluding hydrogens is 260 g/mol. The van der Waals surface area contributed by atoms with Crippen molar-refractivity contribution in [2.45, 2.75) is 52.0 Å². The van der Waals surface area contributed by atoms with E-state index in [-0.39, 0.29) is 5.54 Å². The SMILES string of the molecule is CNC1(C#N)CCCC1CCOc1c(C)cc(C)cc1C. The van der Waals surface area contributed by atoms with Gasteiger partial charge in [-0.3, -0.25) is 0 Å². The van der Waals surface area contributed by atoms with Gasteiger partial charge in [0.05, 0.1) is 12.7 Å². The standard InChI is InChI=1S/C18H26N2O/c1-13-10-14(2)17(15(3)11-13)21-9-7-16-6-5-8-18(16,12-19)20-4/h10-11,16,20H,5-9H2,1-4H3. The number of aryl methyl sites for hydroxylation is 3. The third kappa shape index (κ3) is 3.22. The number of nitrogens with zero attached hydrogens (tertiary/aromatic N) is 1. The van der Waals surface area contributed by atoms with Crippen molar-refractivity contribution in [3.8, 4) is 11.8 Å². The summed E-state index contributed by atoms with van der Waals surface area (Å²) in [6.45, 7) is 6.98. The molecule has 1 aliphatic rings. The van der Waals surface area contributed by atoms with E-state index >= 15 is 0 Å². The van der Waals surface area contributed by atoms with Crippen molar-refractivity contribution < 1.29 is 4.74 Å².